The van der Waals surface area contributed by atoms with E-state index in [0.717, 1.165) is 6.42 Å². The second-order valence-electron chi connectivity index (χ2n) is 12.8. The highest BCUT2D eigenvalue weighted by molar-refractivity contribution is 5.42. The summed E-state index contributed by atoms with van der Waals surface area (Å²) in [7, 11) is 0. The van der Waals surface area contributed by atoms with Gasteiger partial charge in [-0.25, -0.2) is 0 Å². The van der Waals surface area contributed by atoms with Crippen molar-refractivity contribution in [1.29, 1.82) is 0 Å². The van der Waals surface area contributed by atoms with E-state index in [9.17, 15) is 0 Å². The average molecular weight is 391 g/mol. The van der Waals surface area contributed by atoms with Gasteiger partial charge in [0.25, 0.3) is 0 Å². The number of hydrogen-bond acceptors (Lipinski definition) is 0. The molecule has 2 radical (unpaired) electrons. The van der Waals surface area contributed by atoms with E-state index in [0.29, 0.717) is 0 Å². The van der Waals surface area contributed by atoms with E-state index in [1.807, 2.05) is 0 Å². The van der Waals surface area contributed by atoms with Gasteiger partial charge >= 0.3 is 0 Å². The van der Waals surface area contributed by atoms with Crippen LogP contribution in [0, 0.1) is 12.1 Å². The van der Waals surface area contributed by atoms with Gasteiger partial charge in [-0.2, -0.15) is 0 Å². The molecular weight excluding hydrogens is 348 g/mol. The number of rotatable bonds is 2. The zero-order valence-corrected chi connectivity index (χ0v) is 21.0. The van der Waals surface area contributed by atoms with Crippen LogP contribution in [0.3, 0.4) is 0 Å². The molecule has 0 fully saturated rings. The van der Waals surface area contributed by atoms with Crippen molar-refractivity contribution in [3.05, 3.63) is 69.8 Å². The normalized spacial score (nSPS) is 13.7. The number of hydrogen-bond donors (Lipinski definition) is 0. The molecule has 2 rings (SSSR count). The summed E-state index contributed by atoms with van der Waals surface area (Å²) in [5.74, 6) is 0. The van der Waals surface area contributed by atoms with Crippen LogP contribution in [0.4, 0.5) is 0 Å². The van der Waals surface area contributed by atoms with Gasteiger partial charge in [0.15, 0.2) is 0 Å². The third-order valence-electron chi connectivity index (χ3n) is 5.50. The van der Waals surface area contributed by atoms with E-state index in [2.05, 4.69) is 119 Å². The highest BCUT2D eigenvalue weighted by Gasteiger charge is 2.23. The zero-order chi connectivity index (χ0) is 22.4. The minimum absolute atomic E-state index is 0.0909. The Balaban J connectivity index is 2.61. The van der Waals surface area contributed by atoms with E-state index in [4.69, 9.17) is 0 Å². The quantitative estimate of drug-likeness (QED) is 0.486. The fourth-order valence-corrected chi connectivity index (χ4v) is 3.32. The molecule has 0 unspecified atom stereocenters. The van der Waals surface area contributed by atoms with Gasteiger partial charge in [-0.1, -0.05) is 107 Å². The topological polar surface area (TPSA) is 0 Å². The lowest BCUT2D eigenvalue weighted by Gasteiger charge is -2.27. The van der Waals surface area contributed by atoms with Crippen LogP contribution in [-0.4, -0.2) is 0 Å². The molecule has 158 valence electrons. The molecular formula is C29H42. The Kier molecular flexibility index (Phi) is 6.22. The molecule has 0 nitrogen and oxygen atoms in total. The third kappa shape index (κ3) is 6.21. The first-order valence-corrected chi connectivity index (χ1v) is 11.0. The van der Waals surface area contributed by atoms with Crippen LogP contribution in [0.5, 0.6) is 0 Å². The van der Waals surface area contributed by atoms with Gasteiger partial charge < -0.3 is 0 Å². The second-order valence-corrected chi connectivity index (χ2v) is 12.8. The highest BCUT2D eigenvalue weighted by atomic mass is 14.3. The van der Waals surface area contributed by atoms with Gasteiger partial charge in [0, 0.05) is 0 Å². The van der Waals surface area contributed by atoms with Crippen molar-refractivity contribution in [3.8, 4) is 0 Å². The first kappa shape index (κ1) is 23.7. The molecule has 0 aliphatic carbocycles. The zero-order valence-electron chi connectivity index (χ0n) is 21.0. The fraction of sp³-hybridized carbons (Fsp3) is 0.586. The van der Waals surface area contributed by atoms with Gasteiger partial charge in [-0.05, 0) is 73.6 Å². The Labute approximate surface area is 181 Å². The summed E-state index contributed by atoms with van der Waals surface area (Å²) in [4.78, 5) is 0. The molecule has 0 aliphatic heterocycles. The maximum Gasteiger partial charge on any atom is -0.00253 e. The largest absolute Gasteiger partial charge is 0.0561 e. The second kappa shape index (κ2) is 7.60. The summed E-state index contributed by atoms with van der Waals surface area (Å²) in [6.07, 6.45) is 0.946. The molecule has 0 amide bonds. The predicted molar refractivity (Wildman–Crippen MR) is 128 cm³/mol. The van der Waals surface area contributed by atoms with Crippen molar-refractivity contribution in [1.82, 2.24) is 0 Å². The predicted octanol–water partition coefficient (Wildman–Crippen LogP) is 8.07. The molecule has 0 atom stereocenters. The van der Waals surface area contributed by atoms with Crippen LogP contribution < -0.4 is 0 Å². The van der Waals surface area contributed by atoms with Crippen molar-refractivity contribution < 1.29 is 0 Å². The number of benzene rings is 2. The Morgan fingerprint density at radius 2 is 0.655 bits per heavy atom. The summed E-state index contributed by atoms with van der Waals surface area (Å²) in [5.41, 5.74) is 8.32. The first-order chi connectivity index (χ1) is 12.9. The molecule has 0 aliphatic rings. The van der Waals surface area contributed by atoms with Crippen LogP contribution in [0.1, 0.15) is 116 Å². The van der Waals surface area contributed by atoms with E-state index < -0.39 is 0 Å². The minimum atomic E-state index is 0.0909. The molecule has 0 saturated carbocycles. The van der Waals surface area contributed by atoms with Crippen LogP contribution in [0.25, 0.3) is 0 Å². The Bertz CT molecular complexity index is 715. The lowest BCUT2D eigenvalue weighted by molar-refractivity contribution is 0.564. The minimum Gasteiger partial charge on any atom is -0.0561 e. The van der Waals surface area contributed by atoms with Crippen molar-refractivity contribution in [2.45, 2.75) is 111 Å². The van der Waals surface area contributed by atoms with Gasteiger partial charge in [-0.3, -0.25) is 0 Å². The van der Waals surface area contributed by atoms with Gasteiger partial charge in [-0.15, -0.1) is 0 Å². The molecule has 0 bridgehead atoms. The molecule has 0 heteroatoms. The Morgan fingerprint density at radius 3 is 0.828 bits per heavy atom. The van der Waals surface area contributed by atoms with Gasteiger partial charge in [0.1, 0.15) is 0 Å². The maximum atomic E-state index is 3.72. The van der Waals surface area contributed by atoms with Gasteiger partial charge in [0.2, 0.25) is 0 Å². The Morgan fingerprint density at radius 1 is 0.448 bits per heavy atom. The molecule has 0 spiro atoms. The lowest BCUT2D eigenvalue weighted by Crippen LogP contribution is -2.18. The molecule has 0 heterocycles. The summed E-state index contributed by atoms with van der Waals surface area (Å²) in [5, 5.41) is 0. The molecule has 29 heavy (non-hydrogen) atoms. The van der Waals surface area contributed by atoms with E-state index in [-0.39, 0.29) is 21.7 Å². The van der Waals surface area contributed by atoms with E-state index >= 15 is 0 Å². The van der Waals surface area contributed by atoms with Crippen molar-refractivity contribution in [2.24, 2.45) is 0 Å². The van der Waals surface area contributed by atoms with Crippen molar-refractivity contribution >= 4 is 0 Å². The average Bonchev–Trinajstić information content (AvgIpc) is 2.51. The summed E-state index contributed by atoms with van der Waals surface area (Å²) in [6.45, 7) is 27.4. The summed E-state index contributed by atoms with van der Waals surface area (Å²) in [6, 6.07) is 16.9. The first-order valence-electron chi connectivity index (χ1n) is 11.0. The van der Waals surface area contributed by atoms with Crippen molar-refractivity contribution in [3.63, 3.8) is 0 Å². The molecule has 0 N–H and O–H groups in total. The van der Waals surface area contributed by atoms with Crippen LogP contribution in [-0.2, 0) is 28.1 Å². The van der Waals surface area contributed by atoms with Crippen LogP contribution >= 0.6 is 0 Å². The SMILES string of the molecule is CC(C)(C)c1[c]c(C(C)(C)C)cc(Cc2cc(C(C)(C)C)[c]c(C(C)(C)C)c2)c1. The molecule has 2 aromatic rings. The molecule has 0 saturated heterocycles. The molecule has 2 aromatic carbocycles. The summed E-state index contributed by atoms with van der Waals surface area (Å²) >= 11 is 0. The van der Waals surface area contributed by atoms with Crippen LogP contribution in [0.15, 0.2) is 24.3 Å². The third-order valence-corrected chi connectivity index (χ3v) is 5.50. The maximum absolute atomic E-state index is 3.72. The molecule has 0 aromatic heterocycles. The van der Waals surface area contributed by atoms with Crippen molar-refractivity contribution in [2.75, 3.05) is 0 Å². The highest BCUT2D eigenvalue weighted by Crippen LogP contribution is 2.33. The summed E-state index contributed by atoms with van der Waals surface area (Å²) < 4.78 is 0. The smallest absolute Gasteiger partial charge is 0.00253 e. The van der Waals surface area contributed by atoms with Gasteiger partial charge in [0.05, 0.1) is 0 Å². The van der Waals surface area contributed by atoms with E-state index in [1.54, 1.807) is 0 Å². The Hall–Kier alpha value is -1.56. The standard InChI is InChI=1S/C29H42/c1-26(2,3)22-14-20(15-23(18-22)27(4,5)6)13-21-16-24(28(7,8)9)19-25(17-21)29(10,11)12/h14-17H,13H2,1-12H3. The van der Waals surface area contributed by atoms with Crippen LogP contribution in [0.2, 0.25) is 0 Å². The lowest BCUT2D eigenvalue weighted by atomic mass is 9.77. The fourth-order valence-electron chi connectivity index (χ4n) is 3.32. The van der Waals surface area contributed by atoms with E-state index in [1.165, 1.54) is 33.4 Å². The monoisotopic (exact) mass is 390 g/mol.